The van der Waals surface area contributed by atoms with Crippen molar-refractivity contribution in [3.8, 4) is 5.75 Å². The maximum atomic E-state index is 12.8. The number of carbonyl (C=O) groups excluding carboxylic acids is 3. The number of piperidine rings is 1. The van der Waals surface area contributed by atoms with Crippen molar-refractivity contribution in [2.24, 2.45) is 5.92 Å². The highest BCUT2D eigenvalue weighted by Crippen LogP contribution is 2.49. The third-order valence-corrected chi connectivity index (χ3v) is 5.08. The second kappa shape index (κ2) is 6.80. The second-order valence-corrected chi connectivity index (χ2v) is 7.13. The lowest BCUT2D eigenvalue weighted by Gasteiger charge is -2.47. The fourth-order valence-electron chi connectivity index (χ4n) is 3.82. The topological polar surface area (TPSA) is 127 Å². The Kier molecular flexibility index (Phi) is 4.81. The van der Waals surface area contributed by atoms with Crippen LogP contribution in [0, 0.1) is 12.8 Å². The minimum absolute atomic E-state index is 0.291. The molecule has 1 aromatic heterocycles. The van der Waals surface area contributed by atoms with Crippen LogP contribution in [0.25, 0.3) is 0 Å². The summed E-state index contributed by atoms with van der Waals surface area (Å²) in [6, 6.07) is -0.889. The average Bonchev–Trinajstić information content (AvgIpc) is 2.60. The van der Waals surface area contributed by atoms with Crippen LogP contribution in [0.1, 0.15) is 43.0 Å². The maximum Gasteiger partial charge on any atom is 0.328 e. The van der Waals surface area contributed by atoms with Crippen LogP contribution in [0.4, 0.5) is 0 Å². The number of carbonyl (C=O) groups is 3. The summed E-state index contributed by atoms with van der Waals surface area (Å²) in [6.07, 6.45) is 1.88. The Hall–Kier alpha value is -2.68. The van der Waals surface area contributed by atoms with E-state index in [0.29, 0.717) is 29.0 Å². The Labute approximate surface area is 156 Å². The van der Waals surface area contributed by atoms with Crippen LogP contribution in [0.15, 0.2) is 6.20 Å². The van der Waals surface area contributed by atoms with Crippen LogP contribution in [-0.2, 0) is 25.7 Å². The number of hydrogen-bond acceptors (Lipinski definition) is 7. The first-order chi connectivity index (χ1) is 12.7. The van der Waals surface area contributed by atoms with Crippen molar-refractivity contribution >= 4 is 17.8 Å². The van der Waals surface area contributed by atoms with Gasteiger partial charge in [-0.1, -0.05) is 0 Å². The van der Waals surface area contributed by atoms with Gasteiger partial charge in [0.05, 0.1) is 19.4 Å². The molecule has 27 heavy (non-hydrogen) atoms. The van der Waals surface area contributed by atoms with Gasteiger partial charge in [0.25, 0.3) is 0 Å². The van der Waals surface area contributed by atoms with Crippen molar-refractivity contribution in [2.45, 2.75) is 51.5 Å². The molecule has 3 heterocycles. The zero-order chi connectivity index (χ0) is 19.9. The molecule has 2 bridgehead atoms. The smallest absolute Gasteiger partial charge is 0.328 e. The van der Waals surface area contributed by atoms with Gasteiger partial charge in [0, 0.05) is 29.7 Å². The van der Waals surface area contributed by atoms with Crippen molar-refractivity contribution in [1.29, 1.82) is 0 Å². The molecule has 146 valence electrons. The Morgan fingerprint density at radius 2 is 2.26 bits per heavy atom. The van der Waals surface area contributed by atoms with E-state index in [0.717, 1.165) is 0 Å². The van der Waals surface area contributed by atoms with E-state index >= 15 is 0 Å². The lowest BCUT2D eigenvalue weighted by Crippen LogP contribution is -2.63. The maximum absolute atomic E-state index is 12.8. The molecule has 1 fully saturated rings. The molecule has 2 aliphatic heterocycles. The highest BCUT2D eigenvalue weighted by atomic mass is 16.5. The number of rotatable bonds is 4. The second-order valence-electron chi connectivity index (χ2n) is 7.13. The summed E-state index contributed by atoms with van der Waals surface area (Å²) in [5, 5.41) is 15.0. The highest BCUT2D eigenvalue weighted by molar-refractivity contribution is 6.03. The molecule has 0 unspecified atom stereocenters. The van der Waals surface area contributed by atoms with Gasteiger partial charge in [0.2, 0.25) is 11.8 Å². The summed E-state index contributed by atoms with van der Waals surface area (Å²) < 4.78 is 10.6. The van der Waals surface area contributed by atoms with E-state index in [-0.39, 0.29) is 6.61 Å². The zero-order valence-electron chi connectivity index (χ0n) is 15.7. The number of pyridine rings is 1. The summed E-state index contributed by atoms with van der Waals surface area (Å²) in [6.45, 7) is 4.69. The molecule has 3 rings (SSSR count). The fourth-order valence-corrected chi connectivity index (χ4v) is 3.82. The molecule has 0 spiro atoms. The third-order valence-electron chi connectivity index (χ3n) is 5.08. The Morgan fingerprint density at radius 3 is 2.89 bits per heavy atom. The average molecular weight is 377 g/mol. The number of amides is 2. The van der Waals surface area contributed by atoms with Crippen molar-refractivity contribution in [3.05, 3.63) is 23.0 Å². The van der Waals surface area contributed by atoms with E-state index in [2.05, 4.69) is 20.4 Å². The van der Waals surface area contributed by atoms with Crippen molar-refractivity contribution in [3.63, 3.8) is 0 Å². The number of hydrogen-bond donors (Lipinski definition) is 3. The molecular formula is C18H23N3O6. The van der Waals surface area contributed by atoms with Crippen LogP contribution >= 0.6 is 0 Å². The number of aliphatic hydroxyl groups is 1. The molecule has 1 saturated heterocycles. The fraction of sp³-hybridized carbons (Fsp3) is 0.556. The molecule has 9 heteroatoms. The van der Waals surface area contributed by atoms with Gasteiger partial charge >= 0.3 is 5.97 Å². The molecule has 2 aliphatic rings. The number of ether oxygens (including phenoxy) is 2. The Balaban J connectivity index is 2.02. The standard InChI is InChI=1S/C18H23N3O6/c1-8-14-12(10(7-22)6-19-8)11-5-18(3,27-14)21-16(24)13(11)15(23)20-9(2)17(25)26-4/h6,9,11,13,22H,5,7H2,1-4H3,(H,20,23)(H,21,24)/t9-,11+,13-,18+/m1/s1. The number of aliphatic hydroxyl groups excluding tert-OH is 1. The SMILES string of the molecule is COC(=O)[C@@H](C)NC(=O)[C@@H]1C(=O)N[C@]2(C)C[C@H]1c1c(CO)cnc(C)c1O2. The number of esters is 1. The zero-order valence-corrected chi connectivity index (χ0v) is 15.7. The lowest BCUT2D eigenvalue weighted by molar-refractivity contribution is -0.151. The molecule has 0 aliphatic carbocycles. The van der Waals surface area contributed by atoms with E-state index in [9.17, 15) is 19.5 Å². The van der Waals surface area contributed by atoms with Gasteiger partial charge in [0.15, 0.2) is 5.72 Å². The van der Waals surface area contributed by atoms with Crippen LogP contribution < -0.4 is 15.4 Å². The van der Waals surface area contributed by atoms with Gasteiger partial charge in [-0.15, -0.1) is 0 Å². The number of aromatic nitrogens is 1. The number of methoxy groups -OCH3 is 1. The molecule has 0 radical (unpaired) electrons. The van der Waals surface area contributed by atoms with Gasteiger partial charge in [-0.3, -0.25) is 14.6 Å². The van der Waals surface area contributed by atoms with Gasteiger partial charge < -0.3 is 25.2 Å². The monoisotopic (exact) mass is 377 g/mol. The molecule has 0 aromatic carbocycles. The number of nitrogens with zero attached hydrogens (tertiary/aromatic N) is 1. The number of nitrogens with one attached hydrogen (secondary N) is 2. The van der Waals surface area contributed by atoms with E-state index in [1.807, 2.05) is 0 Å². The van der Waals surface area contributed by atoms with Gasteiger partial charge in [-0.25, -0.2) is 4.79 Å². The van der Waals surface area contributed by atoms with Gasteiger partial charge in [-0.05, 0) is 20.8 Å². The van der Waals surface area contributed by atoms with Crippen molar-refractivity contribution in [2.75, 3.05) is 7.11 Å². The van der Waals surface area contributed by atoms with Crippen LogP contribution in [0.5, 0.6) is 5.75 Å². The third kappa shape index (κ3) is 3.23. The summed E-state index contributed by atoms with van der Waals surface area (Å²) in [7, 11) is 1.22. The van der Waals surface area contributed by atoms with E-state index < -0.39 is 41.4 Å². The summed E-state index contributed by atoms with van der Waals surface area (Å²) >= 11 is 0. The van der Waals surface area contributed by atoms with Crippen LogP contribution in [0.2, 0.25) is 0 Å². The first kappa shape index (κ1) is 19.1. The summed E-state index contributed by atoms with van der Waals surface area (Å²) in [5.74, 6) is -2.79. The van der Waals surface area contributed by atoms with Crippen molar-refractivity contribution in [1.82, 2.24) is 15.6 Å². The first-order valence-corrected chi connectivity index (χ1v) is 8.69. The first-order valence-electron chi connectivity index (χ1n) is 8.69. The molecule has 4 atom stereocenters. The molecule has 0 saturated carbocycles. The minimum Gasteiger partial charge on any atom is -0.467 e. The van der Waals surface area contributed by atoms with Crippen molar-refractivity contribution < 1.29 is 29.0 Å². The molecule has 2 amide bonds. The Bertz CT molecular complexity index is 811. The molecule has 1 aromatic rings. The normalized spacial score (nSPS) is 26.9. The molecule has 9 nitrogen and oxygen atoms in total. The van der Waals surface area contributed by atoms with E-state index in [1.165, 1.54) is 20.2 Å². The number of fused-ring (bicyclic) bond motifs is 4. The summed E-state index contributed by atoms with van der Waals surface area (Å²) in [5.41, 5.74) is 0.760. The highest BCUT2D eigenvalue weighted by Gasteiger charge is 2.53. The van der Waals surface area contributed by atoms with Crippen LogP contribution in [0.3, 0.4) is 0 Å². The Morgan fingerprint density at radius 1 is 1.56 bits per heavy atom. The lowest BCUT2D eigenvalue weighted by atomic mass is 9.73. The van der Waals surface area contributed by atoms with E-state index in [4.69, 9.17) is 4.74 Å². The quantitative estimate of drug-likeness (QED) is 0.493. The van der Waals surface area contributed by atoms with Crippen LogP contribution in [-0.4, -0.2) is 46.8 Å². The van der Waals surface area contributed by atoms with Gasteiger partial charge in [-0.2, -0.15) is 0 Å². The number of aryl methyl sites for hydroxylation is 1. The largest absolute Gasteiger partial charge is 0.467 e. The van der Waals surface area contributed by atoms with Gasteiger partial charge in [0.1, 0.15) is 17.7 Å². The predicted octanol–water partition coefficient (Wildman–Crippen LogP) is -0.112. The summed E-state index contributed by atoms with van der Waals surface area (Å²) in [4.78, 5) is 41.4. The predicted molar refractivity (Wildman–Crippen MR) is 92.5 cm³/mol. The molecule has 3 N–H and O–H groups in total. The van der Waals surface area contributed by atoms with E-state index in [1.54, 1.807) is 13.8 Å². The minimum atomic E-state index is -1.07. The molecular weight excluding hydrogens is 354 g/mol.